The Morgan fingerprint density at radius 2 is 2.07 bits per heavy atom. The smallest absolute Gasteiger partial charge is 0.221 e. The molecule has 4 rings (SSSR count). The van der Waals surface area contributed by atoms with Gasteiger partial charge in [0.15, 0.2) is 10.9 Å². The van der Waals surface area contributed by atoms with Gasteiger partial charge in [-0.15, -0.1) is 0 Å². The summed E-state index contributed by atoms with van der Waals surface area (Å²) in [5.74, 6) is 0.237. The number of thiazole rings is 1. The monoisotopic (exact) mass is 395 g/mol. The number of hydrogen-bond acceptors (Lipinski definition) is 8. The van der Waals surface area contributed by atoms with Crippen LogP contribution in [0, 0.1) is 0 Å². The van der Waals surface area contributed by atoms with Crippen LogP contribution in [0.4, 0.5) is 22.2 Å². The predicted octanol–water partition coefficient (Wildman–Crippen LogP) is 3.84. The third kappa shape index (κ3) is 3.23. The maximum atomic E-state index is 11.4. The Kier molecular flexibility index (Phi) is 4.36. The second-order valence-corrected chi connectivity index (χ2v) is 7.19. The molecule has 0 fully saturated rings. The number of rotatable bonds is 4. The number of carbonyl (C=O) groups is 1. The highest BCUT2D eigenvalue weighted by Gasteiger charge is 2.14. The summed E-state index contributed by atoms with van der Waals surface area (Å²) < 4.78 is 6.32. The average Bonchev–Trinajstić information content (AvgIpc) is 3.02. The number of methoxy groups -OCH3 is 1. The minimum absolute atomic E-state index is 0.00857. The molecule has 142 valence electrons. The minimum atomic E-state index is -0.216. The van der Waals surface area contributed by atoms with Gasteiger partial charge in [0.1, 0.15) is 5.75 Å². The van der Waals surface area contributed by atoms with Crippen molar-refractivity contribution >= 4 is 60.6 Å². The third-order valence-corrected chi connectivity index (χ3v) is 5.00. The zero-order chi connectivity index (χ0) is 19.8. The molecule has 2 aromatic carbocycles. The van der Waals surface area contributed by atoms with Crippen LogP contribution >= 0.6 is 11.3 Å². The van der Waals surface area contributed by atoms with E-state index in [0.29, 0.717) is 33.2 Å². The molecule has 0 aliphatic heterocycles. The number of nitrogen functional groups attached to an aromatic ring is 1. The maximum absolute atomic E-state index is 11.4. The zero-order valence-corrected chi connectivity index (χ0v) is 15.9. The van der Waals surface area contributed by atoms with Crippen molar-refractivity contribution in [1.29, 1.82) is 0 Å². The second kappa shape index (κ2) is 6.86. The summed E-state index contributed by atoms with van der Waals surface area (Å²) in [7, 11) is 1.51. The van der Waals surface area contributed by atoms with E-state index in [4.69, 9.17) is 10.5 Å². The molecule has 0 unspecified atom stereocenters. The highest BCUT2D eigenvalue weighted by atomic mass is 32.1. The second-order valence-electron chi connectivity index (χ2n) is 6.13. The number of pyridine rings is 1. The number of benzene rings is 2. The van der Waals surface area contributed by atoms with Gasteiger partial charge in [0.25, 0.3) is 0 Å². The molecule has 1 amide bonds. The van der Waals surface area contributed by atoms with E-state index in [-0.39, 0.29) is 11.7 Å². The summed E-state index contributed by atoms with van der Waals surface area (Å²) in [5.41, 5.74) is 8.93. The Bertz CT molecular complexity index is 1220. The van der Waals surface area contributed by atoms with E-state index in [9.17, 15) is 9.90 Å². The average molecular weight is 395 g/mol. The Morgan fingerprint density at radius 1 is 1.25 bits per heavy atom. The van der Waals surface area contributed by atoms with Crippen molar-refractivity contribution in [3.8, 4) is 11.5 Å². The predicted molar refractivity (Wildman–Crippen MR) is 112 cm³/mol. The van der Waals surface area contributed by atoms with Crippen LogP contribution in [0.5, 0.6) is 11.5 Å². The summed E-state index contributed by atoms with van der Waals surface area (Å²) in [4.78, 5) is 19.9. The first-order valence-corrected chi connectivity index (χ1v) is 9.16. The molecular formula is C19H17N5O3S. The molecule has 5 N–H and O–H groups in total. The van der Waals surface area contributed by atoms with Crippen molar-refractivity contribution in [1.82, 2.24) is 9.97 Å². The van der Waals surface area contributed by atoms with Gasteiger partial charge in [-0.1, -0.05) is 11.3 Å². The van der Waals surface area contributed by atoms with Crippen LogP contribution in [-0.4, -0.2) is 28.1 Å². The molecular weight excluding hydrogens is 378 g/mol. The summed E-state index contributed by atoms with van der Waals surface area (Å²) in [6.45, 7) is 1.42. The number of fused-ring (bicyclic) bond motifs is 2. The number of nitrogens with two attached hydrogens (primary N) is 1. The first kappa shape index (κ1) is 17.8. The molecule has 8 nitrogen and oxygen atoms in total. The highest BCUT2D eigenvalue weighted by molar-refractivity contribution is 7.22. The van der Waals surface area contributed by atoms with Gasteiger partial charge in [0.05, 0.1) is 40.4 Å². The van der Waals surface area contributed by atoms with E-state index >= 15 is 0 Å². The van der Waals surface area contributed by atoms with Crippen LogP contribution in [-0.2, 0) is 4.79 Å². The Morgan fingerprint density at radius 3 is 2.82 bits per heavy atom. The largest absolute Gasteiger partial charge is 0.504 e. The lowest BCUT2D eigenvalue weighted by Gasteiger charge is -2.15. The lowest BCUT2D eigenvalue weighted by molar-refractivity contribution is -0.114. The van der Waals surface area contributed by atoms with Gasteiger partial charge in [0.2, 0.25) is 5.91 Å². The number of anilines is 4. The van der Waals surface area contributed by atoms with Crippen molar-refractivity contribution in [2.45, 2.75) is 6.92 Å². The molecule has 0 aliphatic carbocycles. The molecule has 0 atom stereocenters. The first-order valence-electron chi connectivity index (χ1n) is 8.35. The lowest BCUT2D eigenvalue weighted by atomic mass is 10.1. The van der Waals surface area contributed by atoms with Crippen LogP contribution in [0.25, 0.3) is 21.1 Å². The van der Waals surface area contributed by atoms with Gasteiger partial charge in [-0.2, -0.15) is 0 Å². The summed E-state index contributed by atoms with van der Waals surface area (Å²) in [6.07, 6.45) is 1.36. The number of hydrogen-bond donors (Lipinski definition) is 4. The van der Waals surface area contributed by atoms with Crippen LogP contribution in [0.1, 0.15) is 6.92 Å². The first-order chi connectivity index (χ1) is 13.4. The van der Waals surface area contributed by atoms with E-state index in [2.05, 4.69) is 20.6 Å². The summed E-state index contributed by atoms with van der Waals surface area (Å²) >= 11 is 1.39. The normalized spacial score (nSPS) is 10.9. The topological polar surface area (TPSA) is 122 Å². The van der Waals surface area contributed by atoms with Gasteiger partial charge >= 0.3 is 0 Å². The Balaban J connectivity index is 1.82. The molecule has 4 aromatic rings. The van der Waals surface area contributed by atoms with Crippen molar-refractivity contribution in [2.75, 3.05) is 23.5 Å². The SMILES string of the molecule is COc1cc2c(Nc3ccc4nc(N)sc4c3)c(O)cnc2cc1NC(C)=O. The molecule has 0 aliphatic rings. The van der Waals surface area contributed by atoms with Gasteiger partial charge in [0, 0.05) is 18.0 Å². The molecule has 2 aromatic heterocycles. The molecule has 0 saturated carbocycles. The quantitative estimate of drug-likeness (QED) is 0.414. The molecule has 28 heavy (non-hydrogen) atoms. The number of carbonyl (C=O) groups excluding carboxylic acids is 1. The number of aromatic nitrogens is 2. The van der Waals surface area contributed by atoms with Gasteiger partial charge in [-0.05, 0) is 30.3 Å². The molecule has 0 bridgehead atoms. The van der Waals surface area contributed by atoms with Gasteiger partial charge in [-0.3, -0.25) is 9.78 Å². The fourth-order valence-corrected chi connectivity index (χ4v) is 3.73. The summed E-state index contributed by atoms with van der Waals surface area (Å²) in [5, 5.41) is 17.5. The van der Waals surface area contributed by atoms with Crippen molar-refractivity contribution in [3.63, 3.8) is 0 Å². The number of aromatic hydroxyl groups is 1. The van der Waals surface area contributed by atoms with E-state index in [1.165, 1.54) is 31.6 Å². The van der Waals surface area contributed by atoms with Crippen molar-refractivity contribution < 1.29 is 14.6 Å². The number of nitrogens with one attached hydrogen (secondary N) is 2. The summed E-state index contributed by atoms with van der Waals surface area (Å²) in [6, 6.07) is 9.06. The van der Waals surface area contributed by atoms with Crippen molar-refractivity contribution in [3.05, 3.63) is 36.5 Å². The van der Waals surface area contributed by atoms with Crippen LogP contribution in [0.15, 0.2) is 36.5 Å². The Labute approximate surface area is 164 Å². The van der Waals surface area contributed by atoms with E-state index in [0.717, 1.165) is 15.9 Å². The minimum Gasteiger partial charge on any atom is -0.504 e. The fourth-order valence-electron chi connectivity index (χ4n) is 2.96. The standard InChI is InChI=1S/C19H17N5O3S/c1-9(25)22-14-7-13-11(6-16(14)27-2)18(15(26)8-21-13)23-10-3-4-12-17(5-10)28-19(20)24-12/h3-8,26H,1-2H3,(H2,20,24)(H,21,23)(H,22,25). The molecule has 0 radical (unpaired) electrons. The van der Waals surface area contributed by atoms with Gasteiger partial charge in [-0.25, -0.2) is 4.98 Å². The number of nitrogens with zero attached hydrogens (tertiary/aromatic N) is 2. The molecule has 2 heterocycles. The van der Waals surface area contributed by atoms with Crippen LogP contribution < -0.4 is 21.1 Å². The van der Waals surface area contributed by atoms with Gasteiger partial charge < -0.3 is 26.2 Å². The molecule has 9 heteroatoms. The van der Waals surface area contributed by atoms with Crippen LogP contribution in [0.2, 0.25) is 0 Å². The highest BCUT2D eigenvalue weighted by Crippen LogP contribution is 2.39. The van der Waals surface area contributed by atoms with Crippen molar-refractivity contribution in [2.24, 2.45) is 0 Å². The van der Waals surface area contributed by atoms with Crippen LogP contribution in [0.3, 0.4) is 0 Å². The lowest BCUT2D eigenvalue weighted by Crippen LogP contribution is -2.07. The zero-order valence-electron chi connectivity index (χ0n) is 15.1. The number of amides is 1. The third-order valence-electron chi connectivity index (χ3n) is 4.15. The van der Waals surface area contributed by atoms with E-state index < -0.39 is 0 Å². The van der Waals surface area contributed by atoms with E-state index in [1.807, 2.05) is 18.2 Å². The number of ether oxygens (including phenoxy) is 1. The van der Waals surface area contributed by atoms with E-state index in [1.54, 1.807) is 12.1 Å². The fraction of sp³-hybridized carbons (Fsp3) is 0.105. The molecule has 0 saturated heterocycles. The maximum Gasteiger partial charge on any atom is 0.221 e. The Hall–Kier alpha value is -3.59. The molecule has 0 spiro atoms.